The number of anilines is 1. The first-order chi connectivity index (χ1) is 11.0. The average Bonchev–Trinajstić information content (AvgIpc) is 3.07. The van der Waals surface area contributed by atoms with Crippen LogP contribution in [0.4, 0.5) is 14.5 Å². The highest BCUT2D eigenvalue weighted by atomic mass is 127. The lowest BCUT2D eigenvalue weighted by Gasteiger charge is -2.07. The predicted molar refractivity (Wildman–Crippen MR) is 86.2 cm³/mol. The molecular weight excluding hydrogens is 419 g/mol. The smallest absolute Gasteiger partial charge is 0.255 e. The van der Waals surface area contributed by atoms with Crippen LogP contribution in [0.1, 0.15) is 10.4 Å². The van der Waals surface area contributed by atoms with Gasteiger partial charge in [0.25, 0.3) is 5.91 Å². The largest absolute Gasteiger partial charge is 0.322 e. The monoisotopic (exact) mass is 427 g/mol. The average molecular weight is 427 g/mol. The number of halogens is 3. The summed E-state index contributed by atoms with van der Waals surface area (Å²) in [5, 5.41) is 13.2. The minimum atomic E-state index is -0.727. The van der Waals surface area contributed by atoms with Crippen molar-refractivity contribution in [2.24, 2.45) is 0 Å². The predicted octanol–water partition coefficient (Wildman–Crippen LogP) is 2.80. The SMILES string of the molecule is O=C(Nc1cc(F)c(I)c(F)c1)c1ccc(-n2cnnn2)cc1. The molecule has 0 aliphatic carbocycles. The molecule has 2 aromatic carbocycles. The first-order valence-corrected chi connectivity index (χ1v) is 7.42. The van der Waals surface area contributed by atoms with Crippen molar-refractivity contribution < 1.29 is 13.6 Å². The van der Waals surface area contributed by atoms with E-state index in [1.165, 1.54) is 11.0 Å². The lowest BCUT2D eigenvalue weighted by atomic mass is 10.2. The van der Waals surface area contributed by atoms with E-state index in [9.17, 15) is 13.6 Å². The maximum atomic E-state index is 13.5. The molecule has 1 amide bonds. The van der Waals surface area contributed by atoms with Crippen LogP contribution < -0.4 is 5.32 Å². The summed E-state index contributed by atoms with van der Waals surface area (Å²) in [6.45, 7) is 0. The van der Waals surface area contributed by atoms with E-state index in [-0.39, 0.29) is 9.26 Å². The highest BCUT2D eigenvalue weighted by Gasteiger charge is 2.12. The third-order valence-corrected chi connectivity index (χ3v) is 4.02. The first kappa shape index (κ1) is 15.5. The van der Waals surface area contributed by atoms with Crippen LogP contribution in [0.2, 0.25) is 0 Å². The Morgan fingerprint density at radius 2 is 1.78 bits per heavy atom. The van der Waals surface area contributed by atoms with Crippen molar-refractivity contribution in [3.63, 3.8) is 0 Å². The normalized spacial score (nSPS) is 10.6. The summed E-state index contributed by atoms with van der Waals surface area (Å²) in [4.78, 5) is 12.1. The van der Waals surface area contributed by atoms with Gasteiger partial charge in [0.1, 0.15) is 18.0 Å². The maximum absolute atomic E-state index is 13.5. The van der Waals surface area contributed by atoms with Crippen LogP contribution in [0.5, 0.6) is 0 Å². The number of benzene rings is 2. The number of carbonyl (C=O) groups is 1. The zero-order chi connectivity index (χ0) is 16.4. The van der Waals surface area contributed by atoms with Gasteiger partial charge in [0.05, 0.1) is 9.26 Å². The fourth-order valence-corrected chi connectivity index (χ4v) is 2.19. The van der Waals surface area contributed by atoms with E-state index in [0.29, 0.717) is 11.3 Å². The van der Waals surface area contributed by atoms with Crippen LogP contribution in [0, 0.1) is 15.2 Å². The summed E-state index contributed by atoms with van der Waals surface area (Å²) in [5.74, 6) is -1.93. The number of carbonyl (C=O) groups excluding carboxylic acids is 1. The number of nitrogens with one attached hydrogen (secondary N) is 1. The topological polar surface area (TPSA) is 72.7 Å². The minimum Gasteiger partial charge on any atom is -0.322 e. The summed E-state index contributed by atoms with van der Waals surface area (Å²) in [5.41, 5.74) is 1.06. The third kappa shape index (κ3) is 3.33. The molecule has 1 heterocycles. The number of amides is 1. The van der Waals surface area contributed by atoms with Gasteiger partial charge in [-0.2, -0.15) is 0 Å². The first-order valence-electron chi connectivity index (χ1n) is 6.34. The van der Waals surface area contributed by atoms with E-state index in [1.54, 1.807) is 46.9 Å². The Morgan fingerprint density at radius 3 is 2.35 bits per heavy atom. The molecule has 0 saturated carbocycles. The third-order valence-electron chi connectivity index (χ3n) is 2.98. The van der Waals surface area contributed by atoms with Gasteiger partial charge in [0, 0.05) is 11.3 Å². The Kier molecular flexibility index (Phi) is 4.28. The van der Waals surface area contributed by atoms with Gasteiger partial charge in [0.2, 0.25) is 0 Å². The van der Waals surface area contributed by atoms with Crippen molar-refractivity contribution in [3.05, 3.63) is 63.5 Å². The fraction of sp³-hybridized carbons (Fsp3) is 0. The van der Waals surface area contributed by atoms with Crippen molar-refractivity contribution in [2.45, 2.75) is 0 Å². The highest BCUT2D eigenvalue weighted by Crippen LogP contribution is 2.21. The molecule has 0 aliphatic heterocycles. The zero-order valence-electron chi connectivity index (χ0n) is 11.4. The fourth-order valence-electron chi connectivity index (χ4n) is 1.88. The molecule has 1 N–H and O–H groups in total. The molecule has 0 spiro atoms. The molecule has 0 fully saturated rings. The second-order valence-corrected chi connectivity index (χ2v) is 5.59. The Hall–Kier alpha value is -2.43. The van der Waals surface area contributed by atoms with Crippen LogP contribution in [0.25, 0.3) is 5.69 Å². The summed E-state index contributed by atoms with van der Waals surface area (Å²) in [6.07, 6.45) is 1.42. The number of rotatable bonds is 3. The van der Waals surface area contributed by atoms with E-state index in [2.05, 4.69) is 20.8 Å². The number of hydrogen-bond donors (Lipinski definition) is 1. The van der Waals surface area contributed by atoms with Gasteiger partial charge in [-0.15, -0.1) is 5.10 Å². The molecule has 1 aromatic heterocycles. The number of hydrogen-bond acceptors (Lipinski definition) is 4. The van der Waals surface area contributed by atoms with Gasteiger partial charge in [-0.05, 0) is 69.4 Å². The van der Waals surface area contributed by atoms with E-state index in [4.69, 9.17) is 0 Å². The molecule has 0 radical (unpaired) electrons. The van der Waals surface area contributed by atoms with Gasteiger partial charge in [-0.1, -0.05) is 0 Å². The molecule has 3 rings (SSSR count). The lowest BCUT2D eigenvalue weighted by Crippen LogP contribution is -2.12. The quantitative estimate of drug-likeness (QED) is 0.516. The molecule has 0 saturated heterocycles. The number of tetrazole rings is 1. The Labute approximate surface area is 142 Å². The second-order valence-electron chi connectivity index (χ2n) is 4.51. The van der Waals surface area contributed by atoms with Crippen molar-refractivity contribution in [3.8, 4) is 5.69 Å². The van der Waals surface area contributed by atoms with E-state index in [0.717, 1.165) is 12.1 Å². The molecule has 0 bridgehead atoms. The highest BCUT2D eigenvalue weighted by molar-refractivity contribution is 14.1. The molecule has 23 heavy (non-hydrogen) atoms. The summed E-state index contributed by atoms with van der Waals surface area (Å²) in [6, 6.07) is 8.56. The molecule has 0 unspecified atom stereocenters. The van der Waals surface area contributed by atoms with Crippen molar-refractivity contribution in [1.29, 1.82) is 0 Å². The molecule has 116 valence electrons. The van der Waals surface area contributed by atoms with Crippen LogP contribution >= 0.6 is 22.6 Å². The maximum Gasteiger partial charge on any atom is 0.255 e. The number of aromatic nitrogens is 4. The van der Waals surface area contributed by atoms with Gasteiger partial charge in [0.15, 0.2) is 0 Å². The van der Waals surface area contributed by atoms with Crippen molar-refractivity contribution in [2.75, 3.05) is 5.32 Å². The zero-order valence-corrected chi connectivity index (χ0v) is 13.5. The standard InChI is InChI=1S/C14H8F2IN5O/c15-11-5-9(6-12(16)13(11)17)19-14(23)8-1-3-10(4-2-8)22-7-18-20-21-22/h1-7H,(H,19,23). The molecule has 0 atom stereocenters. The van der Waals surface area contributed by atoms with E-state index in [1.807, 2.05) is 0 Å². The van der Waals surface area contributed by atoms with Crippen LogP contribution in [0.15, 0.2) is 42.7 Å². The summed E-state index contributed by atoms with van der Waals surface area (Å²) in [7, 11) is 0. The Morgan fingerprint density at radius 1 is 1.13 bits per heavy atom. The second kappa shape index (κ2) is 6.36. The van der Waals surface area contributed by atoms with Crippen molar-refractivity contribution in [1.82, 2.24) is 20.2 Å². The molecular formula is C14H8F2IN5O. The van der Waals surface area contributed by atoms with E-state index < -0.39 is 17.5 Å². The van der Waals surface area contributed by atoms with Gasteiger partial charge in [-0.3, -0.25) is 4.79 Å². The minimum absolute atomic E-state index is 0.0509. The van der Waals surface area contributed by atoms with E-state index >= 15 is 0 Å². The lowest BCUT2D eigenvalue weighted by molar-refractivity contribution is 0.102. The number of nitrogens with zero attached hydrogens (tertiary/aromatic N) is 4. The van der Waals surface area contributed by atoms with Gasteiger partial charge >= 0.3 is 0 Å². The molecule has 6 nitrogen and oxygen atoms in total. The van der Waals surface area contributed by atoms with Crippen molar-refractivity contribution >= 4 is 34.2 Å². The van der Waals surface area contributed by atoms with Crippen LogP contribution in [-0.4, -0.2) is 26.1 Å². The van der Waals surface area contributed by atoms with Gasteiger partial charge < -0.3 is 5.32 Å². The van der Waals surface area contributed by atoms with Gasteiger partial charge in [-0.25, -0.2) is 13.5 Å². The summed E-state index contributed by atoms with van der Waals surface area (Å²) < 4.78 is 28.3. The summed E-state index contributed by atoms with van der Waals surface area (Å²) >= 11 is 1.56. The molecule has 3 aromatic rings. The Balaban J connectivity index is 1.78. The Bertz CT molecular complexity index is 829. The molecule has 0 aliphatic rings. The van der Waals surface area contributed by atoms with Crippen LogP contribution in [0.3, 0.4) is 0 Å². The van der Waals surface area contributed by atoms with Crippen LogP contribution in [-0.2, 0) is 0 Å². The molecule has 9 heteroatoms.